The average Bonchev–Trinajstić information content (AvgIpc) is 2.63. The molecule has 0 fully saturated rings. The van der Waals surface area contributed by atoms with Crippen LogP contribution in [0.2, 0.25) is 0 Å². The van der Waals surface area contributed by atoms with Crippen LogP contribution in [0.4, 0.5) is 0 Å². The molecule has 0 aliphatic heterocycles. The predicted molar refractivity (Wildman–Crippen MR) is 79.3 cm³/mol. The molecule has 0 aliphatic rings. The van der Waals surface area contributed by atoms with Gasteiger partial charge in [0, 0.05) is 12.3 Å². The quantitative estimate of drug-likeness (QED) is 0.679. The Bertz CT molecular complexity index is 632. The van der Waals surface area contributed by atoms with E-state index in [0.717, 1.165) is 0 Å². The average molecular weight is 337 g/mol. The van der Waals surface area contributed by atoms with Gasteiger partial charge in [0.25, 0.3) is 0 Å². The van der Waals surface area contributed by atoms with E-state index in [9.17, 15) is 18.3 Å². The number of hydrogen-bond donors (Lipinski definition) is 3. The van der Waals surface area contributed by atoms with Crippen LogP contribution >= 0.6 is 11.8 Å². The molecule has 0 saturated carbocycles. The van der Waals surface area contributed by atoms with E-state index in [1.807, 2.05) is 0 Å². The van der Waals surface area contributed by atoms with Crippen molar-refractivity contribution in [2.45, 2.75) is 31.3 Å². The molecule has 9 heteroatoms. The SMILES string of the molecule is CSCC(C)(O)CNS(=O)(=O)c1c(C)oc(C)c1C(=O)O. The summed E-state index contributed by atoms with van der Waals surface area (Å²) in [6.45, 7) is 4.05. The molecule has 3 N–H and O–H groups in total. The third-order valence-electron chi connectivity index (χ3n) is 2.79. The van der Waals surface area contributed by atoms with E-state index in [1.165, 1.54) is 32.5 Å². The lowest BCUT2D eigenvalue weighted by Gasteiger charge is -2.22. The molecule has 1 atom stereocenters. The largest absolute Gasteiger partial charge is 0.478 e. The molecule has 0 spiro atoms. The standard InChI is InChI=1S/C12H19NO6S2/c1-7-9(11(14)15)10(8(2)19-7)21(17,18)13-5-12(3,16)6-20-4/h13,16H,5-6H2,1-4H3,(H,14,15). The highest BCUT2D eigenvalue weighted by atomic mass is 32.2. The van der Waals surface area contributed by atoms with Crippen LogP contribution in [0.25, 0.3) is 0 Å². The highest BCUT2D eigenvalue weighted by Gasteiger charge is 2.32. The lowest BCUT2D eigenvalue weighted by molar-refractivity contribution is 0.0691. The number of nitrogens with one attached hydrogen (secondary N) is 1. The Labute approximate surface area is 127 Å². The number of sulfonamides is 1. The summed E-state index contributed by atoms with van der Waals surface area (Å²) in [7, 11) is -4.09. The summed E-state index contributed by atoms with van der Waals surface area (Å²) in [5, 5.41) is 19.1. The summed E-state index contributed by atoms with van der Waals surface area (Å²) in [4.78, 5) is 10.8. The second-order valence-electron chi connectivity index (χ2n) is 4.98. The molecule has 0 aromatic carbocycles. The van der Waals surface area contributed by atoms with Crippen molar-refractivity contribution >= 4 is 27.8 Å². The third-order valence-corrected chi connectivity index (χ3v) is 5.25. The molecule has 1 unspecified atom stereocenters. The molecule has 0 aliphatic carbocycles. The summed E-state index contributed by atoms with van der Waals surface area (Å²) in [6, 6.07) is 0. The maximum absolute atomic E-state index is 12.3. The molecule has 1 heterocycles. The van der Waals surface area contributed by atoms with Gasteiger partial charge in [-0.3, -0.25) is 0 Å². The van der Waals surface area contributed by atoms with Gasteiger partial charge in [-0.05, 0) is 27.0 Å². The number of aromatic carboxylic acids is 1. The Balaban J connectivity index is 3.13. The van der Waals surface area contributed by atoms with Crippen LogP contribution in [0.5, 0.6) is 0 Å². The highest BCUT2D eigenvalue weighted by molar-refractivity contribution is 7.98. The fourth-order valence-electron chi connectivity index (χ4n) is 1.92. The summed E-state index contributed by atoms with van der Waals surface area (Å²) < 4.78 is 31.9. The van der Waals surface area contributed by atoms with Crippen molar-refractivity contribution in [2.24, 2.45) is 0 Å². The van der Waals surface area contributed by atoms with E-state index in [0.29, 0.717) is 5.75 Å². The summed E-state index contributed by atoms with van der Waals surface area (Å²) >= 11 is 1.37. The first kappa shape index (κ1) is 18.0. The van der Waals surface area contributed by atoms with E-state index in [1.54, 1.807) is 6.26 Å². The summed E-state index contributed by atoms with van der Waals surface area (Å²) in [5.41, 5.74) is -1.62. The minimum atomic E-state index is -4.09. The monoisotopic (exact) mass is 337 g/mol. The number of rotatable bonds is 7. The van der Waals surface area contributed by atoms with Crippen LogP contribution in [0.15, 0.2) is 9.31 Å². The van der Waals surface area contributed by atoms with E-state index in [2.05, 4.69) is 4.72 Å². The second-order valence-corrected chi connectivity index (χ2v) is 7.55. The third kappa shape index (κ3) is 4.22. The topological polar surface area (TPSA) is 117 Å². The highest BCUT2D eigenvalue weighted by Crippen LogP contribution is 2.26. The van der Waals surface area contributed by atoms with Gasteiger partial charge in [-0.15, -0.1) is 0 Å². The number of carboxylic acid groups (broad SMARTS) is 1. The number of carboxylic acids is 1. The predicted octanol–water partition coefficient (Wildman–Crippen LogP) is 0.987. The minimum absolute atomic E-state index is 0.00177. The molecule has 1 aromatic heterocycles. The Morgan fingerprint density at radius 3 is 2.43 bits per heavy atom. The molecule has 7 nitrogen and oxygen atoms in total. The van der Waals surface area contributed by atoms with Gasteiger partial charge in [0.2, 0.25) is 10.0 Å². The van der Waals surface area contributed by atoms with Crippen LogP contribution in [-0.2, 0) is 10.0 Å². The zero-order chi connectivity index (χ0) is 16.4. The van der Waals surface area contributed by atoms with Gasteiger partial charge >= 0.3 is 5.97 Å². The number of carbonyl (C=O) groups is 1. The van der Waals surface area contributed by atoms with Crippen LogP contribution in [0.1, 0.15) is 28.8 Å². The van der Waals surface area contributed by atoms with Gasteiger partial charge in [0.1, 0.15) is 22.0 Å². The van der Waals surface area contributed by atoms with E-state index < -0.39 is 26.5 Å². The van der Waals surface area contributed by atoms with Crippen molar-refractivity contribution in [1.29, 1.82) is 0 Å². The molecule has 0 bridgehead atoms. The zero-order valence-electron chi connectivity index (χ0n) is 12.3. The Morgan fingerprint density at radius 1 is 1.38 bits per heavy atom. The zero-order valence-corrected chi connectivity index (χ0v) is 13.9. The number of furan rings is 1. The number of aliphatic hydroxyl groups is 1. The van der Waals surface area contributed by atoms with Crippen molar-refractivity contribution in [3.63, 3.8) is 0 Å². The first-order valence-corrected chi connectivity index (χ1v) is 8.94. The summed E-state index contributed by atoms with van der Waals surface area (Å²) in [6.07, 6.45) is 1.79. The first-order chi connectivity index (χ1) is 9.52. The number of thioether (sulfide) groups is 1. The van der Waals surface area contributed by atoms with Crippen LogP contribution < -0.4 is 4.72 Å². The molecular formula is C12H19NO6S2. The number of hydrogen-bond acceptors (Lipinski definition) is 6. The molecule has 0 radical (unpaired) electrons. The molecule has 21 heavy (non-hydrogen) atoms. The van der Waals surface area contributed by atoms with Crippen LogP contribution in [-0.4, -0.2) is 48.8 Å². The maximum Gasteiger partial charge on any atom is 0.340 e. The van der Waals surface area contributed by atoms with Crippen molar-refractivity contribution in [3.05, 3.63) is 17.1 Å². The van der Waals surface area contributed by atoms with Crippen molar-refractivity contribution in [2.75, 3.05) is 18.6 Å². The van der Waals surface area contributed by atoms with Gasteiger partial charge in [0.05, 0.1) is 5.60 Å². The second kappa shape index (κ2) is 6.39. The van der Waals surface area contributed by atoms with Crippen molar-refractivity contribution in [1.82, 2.24) is 4.72 Å². The van der Waals surface area contributed by atoms with Gasteiger partial charge < -0.3 is 14.6 Å². The normalized spacial score (nSPS) is 14.9. The Morgan fingerprint density at radius 2 is 1.95 bits per heavy atom. The molecule has 0 saturated heterocycles. The van der Waals surface area contributed by atoms with Gasteiger partial charge in [-0.1, -0.05) is 0 Å². The van der Waals surface area contributed by atoms with E-state index in [-0.39, 0.29) is 23.6 Å². The van der Waals surface area contributed by atoms with Gasteiger partial charge in [-0.2, -0.15) is 11.8 Å². The van der Waals surface area contributed by atoms with E-state index in [4.69, 9.17) is 9.52 Å². The smallest absolute Gasteiger partial charge is 0.340 e. The molecule has 120 valence electrons. The van der Waals surface area contributed by atoms with Crippen LogP contribution in [0, 0.1) is 13.8 Å². The molecular weight excluding hydrogens is 318 g/mol. The Hall–Kier alpha value is -1.03. The summed E-state index contributed by atoms with van der Waals surface area (Å²) in [5.74, 6) is -1.01. The number of aryl methyl sites for hydroxylation is 2. The maximum atomic E-state index is 12.3. The lowest BCUT2D eigenvalue weighted by Crippen LogP contribution is -2.42. The van der Waals surface area contributed by atoms with Crippen molar-refractivity contribution < 1.29 is 27.8 Å². The van der Waals surface area contributed by atoms with Gasteiger partial charge in [-0.25, -0.2) is 17.9 Å². The van der Waals surface area contributed by atoms with Gasteiger partial charge in [0.15, 0.2) is 0 Å². The minimum Gasteiger partial charge on any atom is -0.478 e. The fourth-order valence-corrected chi connectivity index (χ4v) is 4.21. The van der Waals surface area contributed by atoms with Crippen molar-refractivity contribution in [3.8, 4) is 0 Å². The molecule has 1 rings (SSSR count). The van der Waals surface area contributed by atoms with E-state index >= 15 is 0 Å². The molecule has 1 aromatic rings. The van der Waals surface area contributed by atoms with Crippen LogP contribution in [0.3, 0.4) is 0 Å². The Kier molecular flexibility index (Phi) is 5.48. The lowest BCUT2D eigenvalue weighted by atomic mass is 10.1. The fraction of sp³-hybridized carbons (Fsp3) is 0.583. The molecule has 0 amide bonds. The first-order valence-electron chi connectivity index (χ1n) is 6.06.